The van der Waals surface area contributed by atoms with Crippen molar-refractivity contribution in [1.29, 1.82) is 0 Å². The number of ether oxygens (including phenoxy) is 1. The molecule has 2 rings (SSSR count). The van der Waals surface area contributed by atoms with E-state index in [0.29, 0.717) is 13.2 Å². The van der Waals surface area contributed by atoms with Crippen molar-refractivity contribution in [1.82, 2.24) is 9.78 Å². The van der Waals surface area contributed by atoms with E-state index in [4.69, 9.17) is 10.5 Å². The third kappa shape index (κ3) is 3.87. The predicted molar refractivity (Wildman–Crippen MR) is 74.8 cm³/mol. The van der Waals surface area contributed by atoms with Crippen LogP contribution in [0.1, 0.15) is 11.1 Å². The van der Waals surface area contributed by atoms with E-state index < -0.39 is 0 Å². The minimum absolute atomic E-state index is 0.377. The highest BCUT2D eigenvalue weighted by Crippen LogP contribution is 2.16. The number of benzene rings is 1. The first kappa shape index (κ1) is 13.2. The summed E-state index contributed by atoms with van der Waals surface area (Å²) in [5.74, 6) is 6.74. The van der Waals surface area contributed by atoms with Crippen molar-refractivity contribution in [2.75, 3.05) is 13.2 Å². The summed E-state index contributed by atoms with van der Waals surface area (Å²) in [6, 6.07) is 7.77. The molecule has 1 heterocycles. The van der Waals surface area contributed by atoms with Crippen molar-refractivity contribution in [3.8, 4) is 17.6 Å². The second kappa shape index (κ2) is 6.62. The van der Waals surface area contributed by atoms with Crippen LogP contribution in [0.2, 0.25) is 0 Å². The van der Waals surface area contributed by atoms with Crippen molar-refractivity contribution in [3.63, 3.8) is 0 Å². The second-order valence-corrected chi connectivity index (χ2v) is 4.10. The zero-order valence-corrected chi connectivity index (χ0v) is 11.0. The Morgan fingerprint density at radius 1 is 1.42 bits per heavy atom. The molecule has 1 aromatic carbocycles. The summed E-state index contributed by atoms with van der Waals surface area (Å²) in [7, 11) is 0. The molecule has 1 aromatic heterocycles. The molecule has 0 fully saturated rings. The maximum Gasteiger partial charge on any atom is 0.119 e. The van der Waals surface area contributed by atoms with Gasteiger partial charge in [-0.15, -0.1) is 0 Å². The third-order valence-corrected chi connectivity index (χ3v) is 2.67. The standard InChI is InChI=1S/C15H17N3O/c1-13-12-15(6-5-14(13)4-2-7-16)19-11-10-18-9-3-8-17-18/h3,5-6,8-9,12H,7,10-11,16H2,1H3. The van der Waals surface area contributed by atoms with Gasteiger partial charge in [-0.2, -0.15) is 5.10 Å². The average molecular weight is 255 g/mol. The molecule has 0 aliphatic rings. The molecule has 2 aromatic rings. The Kier molecular flexibility index (Phi) is 4.60. The van der Waals surface area contributed by atoms with Gasteiger partial charge in [0.2, 0.25) is 0 Å². The minimum atomic E-state index is 0.377. The van der Waals surface area contributed by atoms with Gasteiger partial charge in [0.05, 0.1) is 13.1 Å². The average Bonchev–Trinajstić information content (AvgIpc) is 2.91. The number of rotatable bonds is 4. The molecule has 0 aliphatic heterocycles. The van der Waals surface area contributed by atoms with Crippen LogP contribution in [0.25, 0.3) is 0 Å². The Labute approximate surface area is 113 Å². The monoisotopic (exact) mass is 255 g/mol. The van der Waals surface area contributed by atoms with E-state index in [1.165, 1.54) is 0 Å². The summed E-state index contributed by atoms with van der Waals surface area (Å²) in [6.07, 6.45) is 3.68. The Morgan fingerprint density at radius 2 is 2.32 bits per heavy atom. The van der Waals surface area contributed by atoms with E-state index in [1.807, 2.05) is 42.1 Å². The molecular formula is C15H17N3O. The van der Waals surface area contributed by atoms with Gasteiger partial charge in [-0.1, -0.05) is 11.8 Å². The van der Waals surface area contributed by atoms with E-state index in [1.54, 1.807) is 6.20 Å². The zero-order valence-electron chi connectivity index (χ0n) is 11.0. The van der Waals surface area contributed by atoms with Crippen LogP contribution < -0.4 is 10.5 Å². The first-order chi connectivity index (χ1) is 9.29. The second-order valence-electron chi connectivity index (χ2n) is 4.10. The van der Waals surface area contributed by atoms with Crippen LogP contribution in [0.5, 0.6) is 5.75 Å². The van der Waals surface area contributed by atoms with E-state index in [-0.39, 0.29) is 0 Å². The largest absolute Gasteiger partial charge is 0.492 e. The number of aryl methyl sites for hydroxylation is 1. The summed E-state index contributed by atoms with van der Waals surface area (Å²) >= 11 is 0. The van der Waals surface area contributed by atoms with Gasteiger partial charge in [-0.3, -0.25) is 4.68 Å². The first-order valence-corrected chi connectivity index (χ1v) is 6.19. The Bertz CT molecular complexity index is 579. The number of hydrogen-bond acceptors (Lipinski definition) is 3. The van der Waals surface area contributed by atoms with Crippen molar-refractivity contribution in [2.45, 2.75) is 13.5 Å². The van der Waals surface area contributed by atoms with E-state index in [9.17, 15) is 0 Å². The van der Waals surface area contributed by atoms with Gasteiger partial charge in [0, 0.05) is 18.0 Å². The Hall–Kier alpha value is -2.25. The topological polar surface area (TPSA) is 53.1 Å². The van der Waals surface area contributed by atoms with Crippen LogP contribution >= 0.6 is 0 Å². The van der Waals surface area contributed by atoms with Gasteiger partial charge in [-0.25, -0.2) is 0 Å². The van der Waals surface area contributed by atoms with Gasteiger partial charge in [0.1, 0.15) is 12.4 Å². The molecular weight excluding hydrogens is 238 g/mol. The van der Waals surface area contributed by atoms with Crippen LogP contribution in [0, 0.1) is 18.8 Å². The fourth-order valence-electron chi connectivity index (χ4n) is 1.70. The fraction of sp³-hybridized carbons (Fsp3) is 0.267. The molecule has 0 atom stereocenters. The number of aromatic nitrogens is 2. The lowest BCUT2D eigenvalue weighted by Gasteiger charge is -2.08. The lowest BCUT2D eigenvalue weighted by molar-refractivity contribution is 0.291. The molecule has 0 unspecified atom stereocenters. The van der Waals surface area contributed by atoms with Crippen molar-refractivity contribution >= 4 is 0 Å². The number of hydrogen-bond donors (Lipinski definition) is 1. The maximum atomic E-state index is 5.69. The first-order valence-electron chi connectivity index (χ1n) is 6.19. The molecule has 4 heteroatoms. The van der Waals surface area contributed by atoms with Gasteiger partial charge < -0.3 is 10.5 Å². The lowest BCUT2D eigenvalue weighted by Crippen LogP contribution is -2.08. The molecule has 4 nitrogen and oxygen atoms in total. The normalized spacial score (nSPS) is 9.79. The summed E-state index contributed by atoms with van der Waals surface area (Å²) in [4.78, 5) is 0. The van der Waals surface area contributed by atoms with E-state index in [2.05, 4.69) is 16.9 Å². The van der Waals surface area contributed by atoms with Crippen LogP contribution in [0.15, 0.2) is 36.7 Å². The highest BCUT2D eigenvalue weighted by Gasteiger charge is 1.99. The van der Waals surface area contributed by atoms with Crippen LogP contribution in [-0.4, -0.2) is 22.9 Å². The quantitative estimate of drug-likeness (QED) is 0.844. The molecule has 0 aliphatic carbocycles. The van der Waals surface area contributed by atoms with Gasteiger partial charge >= 0.3 is 0 Å². The van der Waals surface area contributed by atoms with Crippen molar-refractivity contribution < 1.29 is 4.74 Å². The Balaban J connectivity index is 1.92. The Morgan fingerprint density at radius 3 is 3.00 bits per heavy atom. The minimum Gasteiger partial charge on any atom is -0.492 e. The summed E-state index contributed by atoms with van der Waals surface area (Å²) in [5, 5.41) is 4.12. The molecule has 0 radical (unpaired) electrons. The number of nitrogens with zero attached hydrogens (tertiary/aromatic N) is 2. The predicted octanol–water partition coefficient (Wildman–Crippen LogP) is 1.58. The highest BCUT2D eigenvalue weighted by atomic mass is 16.5. The molecule has 0 saturated heterocycles. The molecule has 0 bridgehead atoms. The number of nitrogens with two attached hydrogens (primary N) is 1. The molecule has 0 spiro atoms. The smallest absolute Gasteiger partial charge is 0.119 e. The summed E-state index contributed by atoms with van der Waals surface area (Å²) < 4.78 is 7.53. The maximum absolute atomic E-state index is 5.69. The molecule has 19 heavy (non-hydrogen) atoms. The van der Waals surface area contributed by atoms with Gasteiger partial charge in [0.25, 0.3) is 0 Å². The van der Waals surface area contributed by atoms with Gasteiger partial charge in [-0.05, 0) is 36.8 Å². The van der Waals surface area contributed by atoms with Crippen LogP contribution in [-0.2, 0) is 6.54 Å². The summed E-state index contributed by atoms with van der Waals surface area (Å²) in [6.45, 7) is 3.72. The van der Waals surface area contributed by atoms with E-state index >= 15 is 0 Å². The third-order valence-electron chi connectivity index (χ3n) is 2.67. The highest BCUT2D eigenvalue weighted by molar-refractivity contribution is 5.44. The summed E-state index contributed by atoms with van der Waals surface area (Å²) in [5.41, 5.74) is 7.45. The van der Waals surface area contributed by atoms with E-state index in [0.717, 1.165) is 23.4 Å². The SMILES string of the molecule is Cc1cc(OCCn2cccn2)ccc1C#CCN. The van der Waals surface area contributed by atoms with Crippen molar-refractivity contribution in [3.05, 3.63) is 47.8 Å². The molecule has 0 saturated carbocycles. The molecule has 2 N–H and O–H groups in total. The fourth-order valence-corrected chi connectivity index (χ4v) is 1.70. The van der Waals surface area contributed by atoms with Gasteiger partial charge in [0.15, 0.2) is 0 Å². The zero-order chi connectivity index (χ0) is 13.5. The van der Waals surface area contributed by atoms with Crippen LogP contribution in [0.3, 0.4) is 0 Å². The van der Waals surface area contributed by atoms with Crippen LogP contribution in [0.4, 0.5) is 0 Å². The molecule has 98 valence electrons. The molecule has 0 amide bonds. The lowest BCUT2D eigenvalue weighted by atomic mass is 10.1. The van der Waals surface area contributed by atoms with Crippen molar-refractivity contribution in [2.24, 2.45) is 5.73 Å².